The molecule has 2 nitrogen and oxygen atoms in total. The van der Waals surface area contributed by atoms with Crippen molar-refractivity contribution >= 4 is 91.9 Å². The summed E-state index contributed by atoms with van der Waals surface area (Å²) < 4.78 is 4.99. The number of nitrogens with zero attached hydrogens (tertiary/aromatic N) is 2. The molecule has 11 aromatic carbocycles. The van der Waals surface area contributed by atoms with Crippen molar-refractivity contribution in [3.63, 3.8) is 0 Å². The average molecular weight is 845 g/mol. The molecule has 0 saturated heterocycles. The van der Waals surface area contributed by atoms with Crippen molar-refractivity contribution in [1.29, 1.82) is 0 Å². The Bertz CT molecular complexity index is 3880. The lowest BCUT2D eigenvalue weighted by molar-refractivity contribution is 1.18. The summed E-state index contributed by atoms with van der Waals surface area (Å²) in [6, 6.07) is 88.9. The van der Waals surface area contributed by atoms with Crippen molar-refractivity contribution in [2.24, 2.45) is 0 Å². The zero-order valence-electron chi connectivity index (χ0n) is 35.4. The number of para-hydroxylation sites is 3. The highest BCUT2D eigenvalue weighted by molar-refractivity contribution is 7.26. The van der Waals surface area contributed by atoms with Crippen LogP contribution in [0.25, 0.3) is 103 Å². The van der Waals surface area contributed by atoms with Crippen LogP contribution in [0.3, 0.4) is 0 Å². The van der Waals surface area contributed by atoms with Gasteiger partial charge in [0.1, 0.15) is 0 Å². The van der Waals surface area contributed by atoms with Crippen LogP contribution in [0.5, 0.6) is 0 Å². The maximum Gasteiger partial charge on any atom is 0.0554 e. The minimum atomic E-state index is 1.11. The van der Waals surface area contributed by atoms with Crippen LogP contribution >= 0.6 is 11.3 Å². The molecule has 0 N–H and O–H groups in total. The molecule has 0 amide bonds. The molecule has 65 heavy (non-hydrogen) atoms. The van der Waals surface area contributed by atoms with E-state index >= 15 is 0 Å². The fourth-order valence-electron chi connectivity index (χ4n) is 10.1. The fraction of sp³-hybridized carbons (Fsp3) is 0. The molecule has 0 radical (unpaired) electrons. The number of aromatic nitrogens is 1. The Morgan fingerprint density at radius 1 is 0.323 bits per heavy atom. The smallest absolute Gasteiger partial charge is 0.0554 e. The Kier molecular flexibility index (Phi) is 8.75. The first-order valence-electron chi connectivity index (χ1n) is 22.2. The van der Waals surface area contributed by atoms with Crippen LogP contribution in [0.15, 0.2) is 243 Å². The lowest BCUT2D eigenvalue weighted by atomic mass is 9.97. The number of benzene rings is 11. The molecular formula is C62H40N2S. The molecule has 304 valence electrons. The van der Waals surface area contributed by atoms with E-state index in [1.165, 1.54) is 108 Å². The van der Waals surface area contributed by atoms with Crippen molar-refractivity contribution in [3.8, 4) is 39.1 Å². The minimum Gasteiger partial charge on any atom is -0.310 e. The number of hydrogen-bond donors (Lipinski definition) is 0. The van der Waals surface area contributed by atoms with Crippen LogP contribution in [-0.4, -0.2) is 4.57 Å². The maximum atomic E-state index is 2.43. The first-order chi connectivity index (χ1) is 32.2. The normalized spacial score (nSPS) is 11.7. The molecular weight excluding hydrogens is 805 g/mol. The third kappa shape index (κ3) is 6.24. The van der Waals surface area contributed by atoms with E-state index in [1.807, 2.05) is 11.3 Å². The van der Waals surface area contributed by atoms with Gasteiger partial charge in [-0.05, 0) is 116 Å². The summed E-state index contributed by atoms with van der Waals surface area (Å²) in [7, 11) is 0. The quantitative estimate of drug-likeness (QED) is 0.145. The van der Waals surface area contributed by atoms with Crippen molar-refractivity contribution < 1.29 is 0 Å². The summed E-state index contributed by atoms with van der Waals surface area (Å²) in [5, 5.41) is 10.2. The van der Waals surface area contributed by atoms with Gasteiger partial charge in [-0.25, -0.2) is 0 Å². The molecule has 0 fully saturated rings. The molecule has 0 aliphatic heterocycles. The first kappa shape index (κ1) is 37.3. The van der Waals surface area contributed by atoms with Crippen molar-refractivity contribution in [3.05, 3.63) is 243 Å². The molecule has 13 rings (SSSR count). The van der Waals surface area contributed by atoms with Crippen molar-refractivity contribution in [2.75, 3.05) is 4.90 Å². The van der Waals surface area contributed by atoms with Gasteiger partial charge in [-0.2, -0.15) is 0 Å². The maximum absolute atomic E-state index is 2.43. The van der Waals surface area contributed by atoms with Gasteiger partial charge in [-0.3, -0.25) is 0 Å². The Labute approximate surface area is 381 Å². The number of hydrogen-bond acceptors (Lipinski definition) is 2. The van der Waals surface area contributed by atoms with Gasteiger partial charge in [0, 0.05) is 47.9 Å². The molecule has 0 bridgehead atoms. The van der Waals surface area contributed by atoms with Gasteiger partial charge in [0.25, 0.3) is 0 Å². The van der Waals surface area contributed by atoms with Crippen LogP contribution in [0, 0.1) is 0 Å². The minimum absolute atomic E-state index is 1.11. The van der Waals surface area contributed by atoms with Crippen molar-refractivity contribution in [1.82, 2.24) is 4.57 Å². The fourth-order valence-corrected chi connectivity index (χ4v) is 11.2. The first-order valence-corrected chi connectivity index (χ1v) is 23.1. The van der Waals surface area contributed by atoms with Gasteiger partial charge >= 0.3 is 0 Å². The standard InChI is InChI=1S/C62H40N2S/c1-2-13-50-44(12-1)28-29-47-40-46(34-39-51(47)50)43-32-37-49(38-33-43)63(59-21-11-23-61-62(59)55-17-6-10-22-60(55)65-61)48-35-30-42(31-36-48)41-24-26-45(27-25-41)52-14-3-7-18-56(52)64-57-19-8-4-15-53(57)54-16-5-9-20-58(54)64/h1-40H. The van der Waals surface area contributed by atoms with E-state index in [0.717, 1.165) is 11.4 Å². The van der Waals surface area contributed by atoms with Gasteiger partial charge in [-0.15, -0.1) is 11.3 Å². The number of fused-ring (bicyclic) bond motifs is 9. The lowest BCUT2D eigenvalue weighted by Gasteiger charge is -2.27. The second kappa shape index (κ2) is 15.2. The Morgan fingerprint density at radius 3 is 1.55 bits per heavy atom. The monoisotopic (exact) mass is 844 g/mol. The topological polar surface area (TPSA) is 8.17 Å². The predicted octanol–water partition coefficient (Wildman–Crippen LogP) is 17.9. The zero-order valence-corrected chi connectivity index (χ0v) is 36.2. The highest BCUT2D eigenvalue weighted by Crippen LogP contribution is 2.46. The largest absolute Gasteiger partial charge is 0.310 e. The molecule has 0 unspecified atom stereocenters. The van der Waals surface area contributed by atoms with Gasteiger partial charge in [0.15, 0.2) is 0 Å². The van der Waals surface area contributed by atoms with Gasteiger partial charge in [0.2, 0.25) is 0 Å². The molecule has 2 aromatic heterocycles. The molecule has 3 heteroatoms. The third-order valence-corrected chi connectivity index (χ3v) is 14.3. The van der Waals surface area contributed by atoms with E-state index in [9.17, 15) is 0 Å². The van der Waals surface area contributed by atoms with Crippen LogP contribution in [0.4, 0.5) is 17.1 Å². The molecule has 0 atom stereocenters. The van der Waals surface area contributed by atoms with E-state index in [4.69, 9.17) is 0 Å². The highest BCUT2D eigenvalue weighted by Gasteiger charge is 2.20. The molecule has 0 saturated carbocycles. The van der Waals surface area contributed by atoms with Crippen LogP contribution in [-0.2, 0) is 0 Å². The molecule has 0 aliphatic rings. The number of anilines is 3. The highest BCUT2D eigenvalue weighted by atomic mass is 32.1. The lowest BCUT2D eigenvalue weighted by Crippen LogP contribution is -2.10. The Balaban J connectivity index is 0.867. The predicted molar refractivity (Wildman–Crippen MR) is 280 cm³/mol. The zero-order chi connectivity index (χ0) is 42.8. The van der Waals surface area contributed by atoms with Gasteiger partial charge in [-0.1, -0.05) is 176 Å². The van der Waals surface area contributed by atoms with E-state index in [1.54, 1.807) is 0 Å². The summed E-state index contributed by atoms with van der Waals surface area (Å²) in [5.41, 5.74) is 14.1. The summed E-state index contributed by atoms with van der Waals surface area (Å²) >= 11 is 1.86. The van der Waals surface area contributed by atoms with E-state index in [2.05, 4.69) is 252 Å². The Morgan fingerprint density at radius 2 is 0.831 bits per heavy atom. The SMILES string of the molecule is c1ccc(-n2c3ccccc3c3ccccc32)c(-c2ccc(-c3ccc(N(c4ccc(-c5ccc6c(ccc7ccccc76)c5)cc4)c4cccc5sc6ccccc6c45)cc3)cc2)c1. The van der Waals surface area contributed by atoms with E-state index < -0.39 is 0 Å². The van der Waals surface area contributed by atoms with E-state index in [-0.39, 0.29) is 0 Å². The van der Waals surface area contributed by atoms with Gasteiger partial charge < -0.3 is 9.47 Å². The molecule has 0 spiro atoms. The van der Waals surface area contributed by atoms with Crippen LogP contribution in [0.2, 0.25) is 0 Å². The van der Waals surface area contributed by atoms with Crippen LogP contribution in [0.1, 0.15) is 0 Å². The summed E-state index contributed by atoms with van der Waals surface area (Å²) in [5.74, 6) is 0. The van der Waals surface area contributed by atoms with E-state index in [0.29, 0.717) is 0 Å². The van der Waals surface area contributed by atoms with Gasteiger partial charge in [0.05, 0.1) is 22.4 Å². The third-order valence-electron chi connectivity index (χ3n) is 13.2. The summed E-state index contributed by atoms with van der Waals surface area (Å²) in [6.45, 7) is 0. The molecule has 2 heterocycles. The number of thiophene rings is 1. The molecule has 13 aromatic rings. The van der Waals surface area contributed by atoms with Crippen molar-refractivity contribution in [2.45, 2.75) is 0 Å². The Hall–Kier alpha value is -8.24. The number of rotatable bonds is 7. The second-order valence-corrected chi connectivity index (χ2v) is 17.9. The summed E-state index contributed by atoms with van der Waals surface area (Å²) in [6.07, 6.45) is 0. The van der Waals surface area contributed by atoms with Crippen LogP contribution < -0.4 is 4.90 Å². The second-order valence-electron chi connectivity index (χ2n) is 16.9. The average Bonchev–Trinajstić information content (AvgIpc) is 3.93. The molecule has 0 aliphatic carbocycles. The summed E-state index contributed by atoms with van der Waals surface area (Å²) in [4.78, 5) is 2.43.